The van der Waals surface area contributed by atoms with E-state index in [2.05, 4.69) is 0 Å². The fourth-order valence-corrected chi connectivity index (χ4v) is 8.25. The first kappa shape index (κ1) is 24.0. The summed E-state index contributed by atoms with van der Waals surface area (Å²) in [5.74, 6) is -2.35. The second-order valence-corrected chi connectivity index (χ2v) is 11.3. The molecule has 0 aromatic heterocycles. The van der Waals surface area contributed by atoms with Gasteiger partial charge in [-0.25, -0.2) is 0 Å². The largest absolute Gasteiger partial charge is 0.461 e. The van der Waals surface area contributed by atoms with E-state index in [1.165, 1.54) is 11.8 Å². The summed E-state index contributed by atoms with van der Waals surface area (Å²) in [5.41, 5.74) is 1.74. The van der Waals surface area contributed by atoms with E-state index < -0.39 is 34.6 Å². The number of carbonyl (C=O) groups excluding carboxylic acids is 3. The minimum Gasteiger partial charge on any atom is -0.461 e. The third-order valence-electron chi connectivity index (χ3n) is 7.84. The van der Waals surface area contributed by atoms with Gasteiger partial charge in [-0.15, -0.1) is 11.8 Å². The van der Waals surface area contributed by atoms with E-state index in [1.54, 1.807) is 9.80 Å². The molecule has 6 rings (SSSR count). The third-order valence-corrected chi connectivity index (χ3v) is 9.59. The summed E-state index contributed by atoms with van der Waals surface area (Å²) in [6, 6.07) is 17.4. The Kier molecular flexibility index (Phi) is 6.16. The lowest BCUT2D eigenvalue weighted by molar-refractivity contribution is -0.152. The topological polar surface area (TPSA) is 87.2 Å². The average molecular weight is 517 g/mol. The third kappa shape index (κ3) is 3.81. The van der Waals surface area contributed by atoms with Crippen molar-refractivity contribution in [1.82, 2.24) is 9.80 Å². The molecule has 2 aromatic carbocycles. The highest BCUT2D eigenvalue weighted by Gasteiger charge is 2.71. The highest BCUT2D eigenvalue weighted by atomic mass is 32.2. The smallest absolute Gasteiger partial charge is 0.311 e. The molecule has 7 nitrogen and oxygen atoms in total. The Morgan fingerprint density at radius 1 is 1.00 bits per heavy atom. The van der Waals surface area contributed by atoms with Crippen LogP contribution in [0.4, 0.5) is 0 Å². The zero-order chi connectivity index (χ0) is 25.6. The number of benzene rings is 2. The maximum Gasteiger partial charge on any atom is 0.311 e. The summed E-state index contributed by atoms with van der Waals surface area (Å²) >= 11 is 1.50. The van der Waals surface area contributed by atoms with Crippen LogP contribution >= 0.6 is 11.8 Å². The number of aliphatic hydroxyl groups excluding tert-OH is 1. The number of cyclic esters (lactones) is 1. The molecule has 0 radical (unpaired) electrons. The number of amides is 2. The van der Waals surface area contributed by atoms with Crippen LogP contribution in [0.25, 0.3) is 0 Å². The van der Waals surface area contributed by atoms with Crippen molar-refractivity contribution in [3.8, 4) is 0 Å². The van der Waals surface area contributed by atoms with Crippen LogP contribution < -0.4 is 0 Å². The number of fused-ring (bicyclic) bond motifs is 2. The van der Waals surface area contributed by atoms with Gasteiger partial charge in [-0.05, 0) is 11.1 Å². The summed E-state index contributed by atoms with van der Waals surface area (Å²) in [4.78, 5) is 45.2. The Hall–Kier alpha value is -3.36. The van der Waals surface area contributed by atoms with Gasteiger partial charge in [0, 0.05) is 18.3 Å². The molecular weight excluding hydrogens is 488 g/mol. The van der Waals surface area contributed by atoms with Crippen LogP contribution in [0.3, 0.4) is 0 Å². The van der Waals surface area contributed by atoms with Crippen molar-refractivity contribution in [3.63, 3.8) is 0 Å². The first-order valence-corrected chi connectivity index (χ1v) is 13.4. The van der Waals surface area contributed by atoms with E-state index in [9.17, 15) is 19.5 Å². The number of hydrogen-bond donors (Lipinski definition) is 1. The van der Waals surface area contributed by atoms with Gasteiger partial charge >= 0.3 is 5.97 Å². The molecule has 0 bridgehead atoms. The lowest BCUT2D eigenvalue weighted by Gasteiger charge is -2.38. The van der Waals surface area contributed by atoms with Gasteiger partial charge in [0.1, 0.15) is 12.6 Å². The first-order valence-electron chi connectivity index (χ1n) is 12.5. The number of carbonyl (C=O) groups is 3. The van der Waals surface area contributed by atoms with Gasteiger partial charge in [0.2, 0.25) is 11.8 Å². The van der Waals surface area contributed by atoms with Crippen LogP contribution in [-0.4, -0.2) is 68.5 Å². The molecule has 190 valence electrons. The SMILES string of the molecule is O=C1OCC=C[C@H]2S[C@]34C=CCN(Cc5ccccc5)C(=O)C3N([C@H](CO)c3ccccc3)C(=O)[C@@H]4[C@@H]12. The molecule has 8 heteroatoms. The summed E-state index contributed by atoms with van der Waals surface area (Å²) in [6.45, 7) is 0.633. The monoisotopic (exact) mass is 516 g/mol. The lowest BCUT2D eigenvalue weighted by Crippen LogP contribution is -2.54. The second-order valence-electron chi connectivity index (χ2n) is 9.86. The van der Waals surface area contributed by atoms with Crippen LogP contribution in [0.15, 0.2) is 85.0 Å². The molecule has 4 aliphatic heterocycles. The van der Waals surface area contributed by atoms with Crippen LogP contribution in [0.2, 0.25) is 0 Å². The van der Waals surface area contributed by atoms with Crippen molar-refractivity contribution in [1.29, 1.82) is 0 Å². The molecule has 4 heterocycles. The predicted molar refractivity (Wildman–Crippen MR) is 139 cm³/mol. The molecule has 2 saturated heterocycles. The zero-order valence-electron chi connectivity index (χ0n) is 20.2. The van der Waals surface area contributed by atoms with Crippen LogP contribution in [0.1, 0.15) is 17.2 Å². The van der Waals surface area contributed by atoms with Gasteiger partial charge in [-0.3, -0.25) is 14.4 Å². The molecule has 4 aliphatic rings. The Balaban J connectivity index is 1.47. The number of aliphatic hydroxyl groups is 1. The number of hydrogen-bond acceptors (Lipinski definition) is 6. The molecular formula is C29H28N2O5S. The zero-order valence-corrected chi connectivity index (χ0v) is 21.0. The Morgan fingerprint density at radius 2 is 1.73 bits per heavy atom. The summed E-state index contributed by atoms with van der Waals surface area (Å²) in [5, 5.41) is 10.3. The van der Waals surface area contributed by atoms with E-state index in [1.807, 2.05) is 85.0 Å². The molecule has 6 atom stereocenters. The van der Waals surface area contributed by atoms with Gasteiger partial charge in [-0.2, -0.15) is 0 Å². The van der Waals surface area contributed by atoms with Crippen molar-refractivity contribution in [3.05, 3.63) is 96.1 Å². The number of esters is 1. The van der Waals surface area contributed by atoms with Crippen LogP contribution in [-0.2, 0) is 25.7 Å². The number of rotatable bonds is 5. The Morgan fingerprint density at radius 3 is 2.46 bits per heavy atom. The van der Waals surface area contributed by atoms with Gasteiger partial charge < -0.3 is 19.6 Å². The van der Waals surface area contributed by atoms with E-state index in [-0.39, 0.29) is 30.3 Å². The normalized spacial score (nSPS) is 31.3. The number of likely N-dealkylation sites (tertiary alicyclic amines) is 1. The number of ether oxygens (including phenoxy) is 1. The number of nitrogens with zero attached hydrogens (tertiary/aromatic N) is 2. The highest BCUT2D eigenvalue weighted by molar-refractivity contribution is 8.02. The molecule has 37 heavy (non-hydrogen) atoms. The van der Waals surface area contributed by atoms with Crippen LogP contribution in [0.5, 0.6) is 0 Å². The van der Waals surface area contributed by atoms with Gasteiger partial charge in [-0.1, -0.05) is 85.0 Å². The quantitative estimate of drug-likeness (QED) is 0.486. The average Bonchev–Trinajstić information content (AvgIpc) is 3.22. The molecule has 0 saturated carbocycles. The van der Waals surface area contributed by atoms with E-state index in [4.69, 9.17) is 4.74 Å². The second kappa shape index (κ2) is 9.50. The minimum atomic E-state index is -0.947. The van der Waals surface area contributed by atoms with E-state index in [0.29, 0.717) is 13.1 Å². The van der Waals surface area contributed by atoms with Crippen LogP contribution in [0, 0.1) is 11.8 Å². The highest BCUT2D eigenvalue weighted by Crippen LogP contribution is 2.62. The van der Waals surface area contributed by atoms with Crippen molar-refractivity contribution < 1.29 is 24.2 Å². The van der Waals surface area contributed by atoms with Gasteiger partial charge in [0.15, 0.2) is 0 Å². The molecule has 2 amide bonds. The van der Waals surface area contributed by atoms with Crippen molar-refractivity contribution >= 4 is 29.5 Å². The Bertz CT molecular complexity index is 1270. The first-order chi connectivity index (χ1) is 18.0. The minimum absolute atomic E-state index is 0.177. The van der Waals surface area contributed by atoms with E-state index in [0.717, 1.165) is 11.1 Å². The Labute approximate surface area is 219 Å². The fourth-order valence-electron chi connectivity index (χ4n) is 6.27. The molecule has 2 aromatic rings. The van der Waals surface area contributed by atoms with Crippen molar-refractivity contribution in [2.45, 2.75) is 28.6 Å². The summed E-state index contributed by atoms with van der Waals surface area (Å²) < 4.78 is 4.49. The lowest BCUT2D eigenvalue weighted by atomic mass is 9.78. The van der Waals surface area contributed by atoms with Crippen molar-refractivity contribution in [2.75, 3.05) is 19.8 Å². The maximum absolute atomic E-state index is 14.4. The fraction of sp³-hybridized carbons (Fsp3) is 0.345. The molecule has 2 fully saturated rings. The predicted octanol–water partition coefficient (Wildman–Crippen LogP) is 2.73. The number of thioether (sulfide) groups is 1. The molecule has 0 aliphatic carbocycles. The van der Waals surface area contributed by atoms with Gasteiger partial charge in [0.25, 0.3) is 0 Å². The molecule has 1 unspecified atom stereocenters. The summed E-state index contributed by atoms with van der Waals surface area (Å²) in [6.07, 6.45) is 7.68. The van der Waals surface area contributed by atoms with E-state index >= 15 is 0 Å². The maximum atomic E-state index is 14.4. The summed E-state index contributed by atoms with van der Waals surface area (Å²) in [7, 11) is 0. The molecule has 1 spiro atoms. The molecule has 1 N–H and O–H groups in total. The standard InChI is InChI=1S/C29H28N2O5S/c32-18-21(20-11-5-2-6-12-20)31-25-27(34)30(17-19-9-3-1-4-10-19)15-8-14-29(25)24(26(31)33)23-22(37-29)13-7-16-36-28(23)35/h1-14,21-25,32H,15-18H2/t21-,22-,23+,24+,25?,29+/m1/s1. The van der Waals surface area contributed by atoms with Crippen molar-refractivity contribution in [2.24, 2.45) is 11.8 Å². The van der Waals surface area contributed by atoms with Gasteiger partial charge in [0.05, 0.1) is 29.2 Å².